The minimum absolute atomic E-state index is 0.0175. The van der Waals surface area contributed by atoms with E-state index in [0.29, 0.717) is 27.9 Å². The number of carbonyl (C=O) groups is 2. The Labute approximate surface area is 189 Å². The van der Waals surface area contributed by atoms with E-state index in [9.17, 15) is 14.4 Å². The molecule has 2 aromatic carbocycles. The second-order valence-corrected chi connectivity index (χ2v) is 8.31. The van der Waals surface area contributed by atoms with Crippen LogP contribution in [-0.4, -0.2) is 29.0 Å². The van der Waals surface area contributed by atoms with Crippen LogP contribution in [0.4, 0.5) is 0 Å². The minimum atomic E-state index is -0.524. The van der Waals surface area contributed by atoms with Crippen LogP contribution >= 0.6 is 11.6 Å². The first kappa shape index (κ1) is 22.0. The van der Waals surface area contributed by atoms with Gasteiger partial charge in [-0.1, -0.05) is 23.7 Å². The highest BCUT2D eigenvalue weighted by atomic mass is 35.5. The molecule has 8 nitrogen and oxygen atoms in total. The van der Waals surface area contributed by atoms with Crippen molar-refractivity contribution in [3.63, 3.8) is 0 Å². The van der Waals surface area contributed by atoms with E-state index >= 15 is 0 Å². The number of nitrogens with zero attached hydrogens (tertiary/aromatic N) is 1. The first-order valence-corrected chi connectivity index (χ1v) is 10.9. The molecule has 1 saturated carbocycles. The van der Waals surface area contributed by atoms with Crippen molar-refractivity contribution in [1.82, 2.24) is 15.2 Å². The monoisotopic (exact) mass is 457 g/mol. The highest BCUT2D eigenvalue weighted by Gasteiger charge is 2.23. The SMILES string of the molecule is CC(NC(=O)CCn1c(=O)oc2cc(Cl)ccc21)c1ccc(OCC(=O)NC2CC2)cc1. The first-order chi connectivity index (χ1) is 15.4. The van der Waals surface area contributed by atoms with E-state index < -0.39 is 5.76 Å². The van der Waals surface area contributed by atoms with Crippen LogP contribution < -0.4 is 21.1 Å². The Balaban J connectivity index is 1.27. The molecule has 9 heteroatoms. The third-order valence-corrected chi connectivity index (χ3v) is 5.50. The number of fused-ring (bicyclic) bond motifs is 1. The molecule has 1 atom stereocenters. The number of oxazole rings is 1. The number of aryl methyl sites for hydroxylation is 1. The molecule has 2 N–H and O–H groups in total. The predicted molar refractivity (Wildman–Crippen MR) is 120 cm³/mol. The Bertz CT molecular complexity index is 1180. The normalized spacial score (nSPS) is 14.2. The zero-order valence-corrected chi connectivity index (χ0v) is 18.4. The molecule has 0 saturated heterocycles. The Kier molecular flexibility index (Phi) is 6.50. The summed E-state index contributed by atoms with van der Waals surface area (Å²) < 4.78 is 12.1. The van der Waals surface area contributed by atoms with E-state index in [0.717, 1.165) is 18.4 Å². The quantitative estimate of drug-likeness (QED) is 0.513. The van der Waals surface area contributed by atoms with Crippen LogP contribution in [0.25, 0.3) is 11.1 Å². The molecule has 0 bridgehead atoms. The van der Waals surface area contributed by atoms with E-state index in [1.54, 1.807) is 30.3 Å². The number of hydrogen-bond acceptors (Lipinski definition) is 5. The highest BCUT2D eigenvalue weighted by Crippen LogP contribution is 2.20. The summed E-state index contributed by atoms with van der Waals surface area (Å²) in [4.78, 5) is 36.2. The summed E-state index contributed by atoms with van der Waals surface area (Å²) in [7, 11) is 0. The molecule has 1 fully saturated rings. The number of benzene rings is 2. The largest absolute Gasteiger partial charge is 0.484 e. The predicted octanol–water partition coefficient (Wildman–Crippen LogP) is 3.17. The van der Waals surface area contributed by atoms with Gasteiger partial charge in [0.2, 0.25) is 5.91 Å². The number of ether oxygens (including phenoxy) is 1. The molecule has 1 unspecified atom stereocenters. The molecule has 1 aliphatic rings. The lowest BCUT2D eigenvalue weighted by Crippen LogP contribution is -2.30. The topological polar surface area (TPSA) is 103 Å². The third-order valence-electron chi connectivity index (χ3n) is 5.26. The van der Waals surface area contributed by atoms with Gasteiger partial charge in [0.25, 0.3) is 5.91 Å². The van der Waals surface area contributed by atoms with E-state index in [1.807, 2.05) is 19.1 Å². The Morgan fingerprint density at radius 1 is 1.19 bits per heavy atom. The molecule has 0 radical (unpaired) electrons. The number of halogens is 1. The Morgan fingerprint density at radius 3 is 2.66 bits per heavy atom. The van der Waals surface area contributed by atoms with Gasteiger partial charge in [-0.3, -0.25) is 14.2 Å². The summed E-state index contributed by atoms with van der Waals surface area (Å²) in [5.74, 6) is -0.247. The summed E-state index contributed by atoms with van der Waals surface area (Å²) in [6, 6.07) is 12.2. The molecule has 0 spiro atoms. The molecule has 4 rings (SSSR count). The van der Waals surface area contributed by atoms with Crippen molar-refractivity contribution in [2.45, 2.75) is 44.8 Å². The van der Waals surface area contributed by atoms with Crippen molar-refractivity contribution in [3.8, 4) is 5.75 Å². The number of rotatable bonds is 9. The van der Waals surface area contributed by atoms with Crippen LogP contribution in [0.1, 0.15) is 37.8 Å². The van der Waals surface area contributed by atoms with Gasteiger partial charge in [-0.2, -0.15) is 0 Å². The fraction of sp³-hybridized carbons (Fsp3) is 0.348. The van der Waals surface area contributed by atoms with Crippen molar-refractivity contribution in [3.05, 3.63) is 63.6 Å². The second kappa shape index (κ2) is 9.48. The van der Waals surface area contributed by atoms with Gasteiger partial charge in [0, 0.05) is 30.1 Å². The molecule has 0 aliphatic heterocycles. The average molecular weight is 458 g/mol. The van der Waals surface area contributed by atoms with Gasteiger partial charge in [-0.05, 0) is 49.6 Å². The number of carbonyl (C=O) groups excluding carboxylic acids is 2. The number of nitrogens with one attached hydrogen (secondary N) is 2. The smallest absolute Gasteiger partial charge is 0.419 e. The highest BCUT2D eigenvalue weighted by molar-refractivity contribution is 6.31. The number of amides is 2. The molecular weight excluding hydrogens is 434 g/mol. The zero-order chi connectivity index (χ0) is 22.7. The van der Waals surface area contributed by atoms with Gasteiger partial charge in [0.15, 0.2) is 12.2 Å². The van der Waals surface area contributed by atoms with Crippen LogP contribution in [0.5, 0.6) is 5.75 Å². The van der Waals surface area contributed by atoms with Crippen molar-refractivity contribution >= 4 is 34.5 Å². The number of hydrogen-bond donors (Lipinski definition) is 2. The van der Waals surface area contributed by atoms with Crippen molar-refractivity contribution in [2.24, 2.45) is 0 Å². The third kappa shape index (κ3) is 5.50. The lowest BCUT2D eigenvalue weighted by atomic mass is 10.1. The lowest BCUT2D eigenvalue weighted by molar-refractivity contribution is -0.123. The lowest BCUT2D eigenvalue weighted by Gasteiger charge is -2.15. The minimum Gasteiger partial charge on any atom is -0.484 e. The van der Waals surface area contributed by atoms with Gasteiger partial charge >= 0.3 is 5.76 Å². The molecule has 3 aromatic rings. The number of aromatic nitrogens is 1. The van der Waals surface area contributed by atoms with Crippen LogP contribution in [0, 0.1) is 0 Å². The molecule has 1 heterocycles. The maximum Gasteiger partial charge on any atom is 0.419 e. The summed E-state index contributed by atoms with van der Waals surface area (Å²) in [6.07, 6.45) is 2.20. The van der Waals surface area contributed by atoms with Crippen LogP contribution in [0.2, 0.25) is 5.02 Å². The Hall–Kier alpha value is -3.26. The van der Waals surface area contributed by atoms with E-state index in [4.69, 9.17) is 20.8 Å². The van der Waals surface area contributed by atoms with Crippen LogP contribution in [-0.2, 0) is 16.1 Å². The fourth-order valence-corrected chi connectivity index (χ4v) is 3.52. The first-order valence-electron chi connectivity index (χ1n) is 10.5. The second-order valence-electron chi connectivity index (χ2n) is 7.87. The molecule has 1 aromatic heterocycles. The standard InChI is InChI=1S/C23H24ClN3O5/c1-14(15-2-7-18(8-3-15)31-13-22(29)26-17-5-6-17)25-21(28)10-11-27-19-9-4-16(24)12-20(19)32-23(27)30/h2-4,7-9,12,14,17H,5-6,10-11,13H2,1H3,(H,25,28)(H,26,29). The van der Waals surface area contributed by atoms with Crippen LogP contribution in [0.15, 0.2) is 51.7 Å². The van der Waals surface area contributed by atoms with E-state index in [-0.39, 0.29) is 37.4 Å². The average Bonchev–Trinajstić information content (AvgIpc) is 3.52. The maximum absolute atomic E-state index is 12.4. The molecular formula is C23H24ClN3O5. The van der Waals surface area contributed by atoms with Crippen molar-refractivity contribution in [2.75, 3.05) is 6.61 Å². The Morgan fingerprint density at radius 2 is 1.94 bits per heavy atom. The summed E-state index contributed by atoms with van der Waals surface area (Å²) in [5, 5.41) is 6.27. The molecule has 1 aliphatic carbocycles. The summed E-state index contributed by atoms with van der Waals surface area (Å²) in [6.45, 7) is 2.05. The van der Waals surface area contributed by atoms with Gasteiger partial charge in [-0.25, -0.2) is 4.79 Å². The van der Waals surface area contributed by atoms with E-state index in [1.165, 1.54) is 4.57 Å². The summed E-state index contributed by atoms with van der Waals surface area (Å²) in [5.41, 5.74) is 1.89. The van der Waals surface area contributed by atoms with E-state index in [2.05, 4.69) is 10.6 Å². The maximum atomic E-state index is 12.4. The molecule has 168 valence electrons. The van der Waals surface area contributed by atoms with Crippen LogP contribution in [0.3, 0.4) is 0 Å². The summed E-state index contributed by atoms with van der Waals surface area (Å²) >= 11 is 5.92. The van der Waals surface area contributed by atoms with Crippen molar-refractivity contribution < 1.29 is 18.7 Å². The molecule has 32 heavy (non-hydrogen) atoms. The van der Waals surface area contributed by atoms with Gasteiger partial charge in [-0.15, -0.1) is 0 Å². The fourth-order valence-electron chi connectivity index (χ4n) is 3.36. The van der Waals surface area contributed by atoms with Gasteiger partial charge < -0.3 is 19.8 Å². The van der Waals surface area contributed by atoms with Crippen molar-refractivity contribution in [1.29, 1.82) is 0 Å². The molecule has 2 amide bonds. The zero-order valence-electron chi connectivity index (χ0n) is 17.6. The van der Waals surface area contributed by atoms with Gasteiger partial charge in [0.05, 0.1) is 11.6 Å². The van der Waals surface area contributed by atoms with Gasteiger partial charge in [0.1, 0.15) is 5.75 Å².